The van der Waals surface area contributed by atoms with Crippen LogP contribution < -0.4 is 10.6 Å². The van der Waals surface area contributed by atoms with E-state index in [-0.39, 0.29) is 13.0 Å². The second kappa shape index (κ2) is 14.1. The van der Waals surface area contributed by atoms with Gasteiger partial charge in [-0.15, -0.1) is 0 Å². The standard InChI is InChI=1S/C29H30N2O5/c1-35-27(32)18-17-25(19-22-11-5-2-6-12-22)30-28(33)26(20-23-13-7-3-8-14-23)31-29(34)36-21-24-15-9-4-10-16-24/h2-18,25-26H,19-21H2,1H3,(H,30,33)(H,31,34)/t25-,26+/m1/s1. The van der Waals surface area contributed by atoms with Crippen LogP contribution >= 0.6 is 0 Å². The molecule has 0 fully saturated rings. The molecule has 2 amide bonds. The Hall–Kier alpha value is -4.39. The number of carbonyl (C=O) groups is 3. The minimum atomic E-state index is -0.888. The molecule has 0 aromatic heterocycles. The van der Waals surface area contributed by atoms with Crippen molar-refractivity contribution < 1.29 is 23.9 Å². The van der Waals surface area contributed by atoms with Crippen LogP contribution in [0.1, 0.15) is 16.7 Å². The summed E-state index contributed by atoms with van der Waals surface area (Å²) >= 11 is 0. The van der Waals surface area contributed by atoms with Crippen LogP contribution in [-0.2, 0) is 38.5 Å². The highest BCUT2D eigenvalue weighted by Crippen LogP contribution is 2.08. The third kappa shape index (κ3) is 9.10. The molecule has 0 aliphatic heterocycles. The Balaban J connectivity index is 1.72. The molecule has 2 atom stereocenters. The summed E-state index contributed by atoms with van der Waals surface area (Å²) in [6.45, 7) is 0.0881. The molecule has 3 rings (SSSR count). The molecule has 0 unspecified atom stereocenters. The van der Waals surface area contributed by atoms with Gasteiger partial charge in [-0.2, -0.15) is 0 Å². The molecule has 0 spiro atoms. The van der Waals surface area contributed by atoms with Gasteiger partial charge in [0, 0.05) is 12.5 Å². The Labute approximate surface area is 211 Å². The largest absolute Gasteiger partial charge is 0.466 e. The van der Waals surface area contributed by atoms with Gasteiger partial charge in [-0.25, -0.2) is 9.59 Å². The monoisotopic (exact) mass is 486 g/mol. The van der Waals surface area contributed by atoms with E-state index in [2.05, 4.69) is 15.4 Å². The second-order valence-corrected chi connectivity index (χ2v) is 8.14. The first-order valence-electron chi connectivity index (χ1n) is 11.6. The number of nitrogens with one attached hydrogen (secondary N) is 2. The predicted molar refractivity (Wildman–Crippen MR) is 137 cm³/mol. The van der Waals surface area contributed by atoms with Crippen LogP contribution in [0.15, 0.2) is 103 Å². The first kappa shape index (κ1) is 26.2. The average molecular weight is 487 g/mol. The topological polar surface area (TPSA) is 93.7 Å². The number of hydrogen-bond donors (Lipinski definition) is 2. The number of methoxy groups -OCH3 is 1. The van der Waals surface area contributed by atoms with Gasteiger partial charge in [0.1, 0.15) is 12.6 Å². The summed E-state index contributed by atoms with van der Waals surface area (Å²) < 4.78 is 10.0. The molecule has 0 saturated heterocycles. The van der Waals surface area contributed by atoms with E-state index >= 15 is 0 Å². The molecule has 0 bridgehead atoms. The third-order valence-electron chi connectivity index (χ3n) is 5.40. The first-order chi connectivity index (χ1) is 17.5. The van der Waals surface area contributed by atoms with Crippen molar-refractivity contribution in [3.05, 3.63) is 120 Å². The molecule has 7 heteroatoms. The van der Waals surface area contributed by atoms with Crippen LogP contribution in [0.25, 0.3) is 0 Å². The Bertz CT molecular complexity index is 1130. The molecule has 0 aliphatic carbocycles. The zero-order valence-electron chi connectivity index (χ0n) is 20.1. The van der Waals surface area contributed by atoms with Crippen molar-refractivity contribution >= 4 is 18.0 Å². The van der Waals surface area contributed by atoms with E-state index in [1.165, 1.54) is 13.2 Å². The number of carbonyl (C=O) groups excluding carboxylic acids is 3. The van der Waals surface area contributed by atoms with Crippen molar-refractivity contribution in [2.45, 2.75) is 31.5 Å². The van der Waals surface area contributed by atoms with Crippen LogP contribution in [0.5, 0.6) is 0 Å². The van der Waals surface area contributed by atoms with Crippen molar-refractivity contribution in [2.75, 3.05) is 7.11 Å². The number of alkyl carbamates (subject to hydrolysis) is 1. The van der Waals surface area contributed by atoms with E-state index in [9.17, 15) is 14.4 Å². The fourth-order valence-corrected chi connectivity index (χ4v) is 3.55. The van der Waals surface area contributed by atoms with Gasteiger partial charge in [0.05, 0.1) is 13.2 Å². The Morgan fingerprint density at radius 3 is 1.83 bits per heavy atom. The number of ether oxygens (including phenoxy) is 2. The van der Waals surface area contributed by atoms with Gasteiger partial charge < -0.3 is 20.1 Å². The molecule has 0 aliphatic rings. The highest BCUT2D eigenvalue weighted by molar-refractivity contribution is 5.87. The zero-order valence-corrected chi connectivity index (χ0v) is 20.1. The summed E-state index contributed by atoms with van der Waals surface area (Å²) in [6, 6.07) is 26.9. The highest BCUT2D eigenvalue weighted by Gasteiger charge is 2.24. The average Bonchev–Trinajstić information content (AvgIpc) is 2.91. The third-order valence-corrected chi connectivity index (χ3v) is 5.40. The van der Waals surface area contributed by atoms with E-state index in [0.717, 1.165) is 16.7 Å². The van der Waals surface area contributed by atoms with Gasteiger partial charge in [0.15, 0.2) is 0 Å². The van der Waals surface area contributed by atoms with Crippen LogP contribution in [0.4, 0.5) is 4.79 Å². The van der Waals surface area contributed by atoms with Crippen molar-refractivity contribution in [1.82, 2.24) is 10.6 Å². The lowest BCUT2D eigenvalue weighted by molar-refractivity contribution is -0.135. The van der Waals surface area contributed by atoms with Crippen molar-refractivity contribution in [1.29, 1.82) is 0 Å². The number of amides is 2. The van der Waals surface area contributed by atoms with E-state index < -0.39 is 30.1 Å². The van der Waals surface area contributed by atoms with Gasteiger partial charge in [0.2, 0.25) is 5.91 Å². The van der Waals surface area contributed by atoms with Gasteiger partial charge in [-0.05, 0) is 23.1 Å². The summed E-state index contributed by atoms with van der Waals surface area (Å²) in [5.41, 5.74) is 2.70. The smallest absolute Gasteiger partial charge is 0.408 e. The quantitative estimate of drug-likeness (QED) is 0.316. The zero-order chi connectivity index (χ0) is 25.6. The lowest BCUT2D eigenvalue weighted by atomic mass is 10.0. The van der Waals surface area contributed by atoms with Crippen LogP contribution in [0.2, 0.25) is 0 Å². The van der Waals surface area contributed by atoms with E-state index in [4.69, 9.17) is 4.74 Å². The maximum Gasteiger partial charge on any atom is 0.408 e. The molecular formula is C29H30N2O5. The molecule has 0 heterocycles. The fourth-order valence-electron chi connectivity index (χ4n) is 3.55. The second-order valence-electron chi connectivity index (χ2n) is 8.14. The molecule has 2 N–H and O–H groups in total. The highest BCUT2D eigenvalue weighted by atomic mass is 16.5. The van der Waals surface area contributed by atoms with Crippen molar-refractivity contribution in [2.24, 2.45) is 0 Å². The molecule has 0 saturated carbocycles. The van der Waals surface area contributed by atoms with Crippen LogP contribution in [0, 0.1) is 0 Å². The maximum atomic E-state index is 13.3. The van der Waals surface area contributed by atoms with E-state index in [0.29, 0.717) is 6.42 Å². The lowest BCUT2D eigenvalue weighted by Gasteiger charge is -2.22. The summed E-state index contributed by atoms with van der Waals surface area (Å²) in [7, 11) is 1.29. The van der Waals surface area contributed by atoms with Gasteiger partial charge in [0.25, 0.3) is 0 Å². The molecule has 36 heavy (non-hydrogen) atoms. The minimum Gasteiger partial charge on any atom is -0.466 e. The molecule has 0 radical (unpaired) electrons. The first-order valence-corrected chi connectivity index (χ1v) is 11.6. The number of hydrogen-bond acceptors (Lipinski definition) is 5. The van der Waals surface area contributed by atoms with Crippen LogP contribution in [-0.4, -0.2) is 37.2 Å². The lowest BCUT2D eigenvalue weighted by Crippen LogP contribution is -2.51. The summed E-state index contributed by atoms with van der Waals surface area (Å²) in [6.07, 6.45) is 2.90. The van der Waals surface area contributed by atoms with E-state index in [1.54, 1.807) is 6.08 Å². The van der Waals surface area contributed by atoms with E-state index in [1.807, 2.05) is 91.0 Å². The normalized spacial score (nSPS) is 12.4. The number of benzene rings is 3. The number of rotatable bonds is 11. The predicted octanol–water partition coefficient (Wildman–Crippen LogP) is 3.98. The minimum absolute atomic E-state index is 0.0881. The molecule has 186 valence electrons. The number of esters is 1. The summed E-state index contributed by atoms with van der Waals surface area (Å²) in [5.74, 6) is -0.920. The van der Waals surface area contributed by atoms with Crippen LogP contribution in [0.3, 0.4) is 0 Å². The van der Waals surface area contributed by atoms with Gasteiger partial charge in [-0.1, -0.05) is 97.1 Å². The van der Waals surface area contributed by atoms with Crippen molar-refractivity contribution in [3.8, 4) is 0 Å². The fraction of sp³-hybridized carbons (Fsp3) is 0.207. The summed E-state index contributed by atoms with van der Waals surface area (Å²) in [5, 5.41) is 5.63. The van der Waals surface area contributed by atoms with Crippen molar-refractivity contribution in [3.63, 3.8) is 0 Å². The maximum absolute atomic E-state index is 13.3. The summed E-state index contributed by atoms with van der Waals surface area (Å²) in [4.78, 5) is 37.6. The SMILES string of the molecule is COC(=O)C=C[C@H](Cc1ccccc1)NC(=O)[C@H](Cc1ccccc1)NC(=O)OCc1ccccc1. The molecule has 3 aromatic carbocycles. The Morgan fingerprint density at radius 2 is 1.28 bits per heavy atom. The molecule has 7 nitrogen and oxygen atoms in total. The molecule has 3 aromatic rings. The Kier molecular flexibility index (Phi) is 10.3. The van der Waals surface area contributed by atoms with Gasteiger partial charge >= 0.3 is 12.1 Å². The molecular weight excluding hydrogens is 456 g/mol. The van der Waals surface area contributed by atoms with Gasteiger partial charge in [-0.3, -0.25) is 4.79 Å². The Morgan fingerprint density at radius 1 is 0.750 bits per heavy atom.